The molecule has 1 aromatic carbocycles. The molecule has 2 nitrogen and oxygen atoms in total. The molecule has 0 atom stereocenters. The quantitative estimate of drug-likeness (QED) is 0.699. The van der Waals surface area contributed by atoms with E-state index in [9.17, 15) is 0 Å². The minimum absolute atomic E-state index is 0.711. The Bertz CT molecular complexity index is 372. The second-order valence-electron chi connectivity index (χ2n) is 2.21. The predicted octanol–water partition coefficient (Wildman–Crippen LogP) is 2.66. The molecule has 0 N–H and O–H groups in total. The molecule has 0 aliphatic heterocycles. The minimum atomic E-state index is 0.711. The zero-order valence-electron chi connectivity index (χ0n) is 5.99. The summed E-state index contributed by atoms with van der Waals surface area (Å²) >= 11 is 7.12. The van der Waals surface area contributed by atoms with Crippen LogP contribution in [0.5, 0.6) is 0 Å². The number of aromatic nitrogens is 2. The van der Waals surface area contributed by atoms with Crippen molar-refractivity contribution >= 4 is 23.1 Å². The van der Waals surface area contributed by atoms with Gasteiger partial charge >= 0.3 is 0 Å². The van der Waals surface area contributed by atoms with Gasteiger partial charge in [-0.15, -0.1) is 0 Å². The summed E-state index contributed by atoms with van der Waals surface area (Å²) in [5, 5.41) is 1.56. The van der Waals surface area contributed by atoms with Crippen molar-refractivity contribution in [3.05, 3.63) is 35.6 Å². The third kappa shape index (κ3) is 1.47. The number of hydrogen-bond acceptors (Lipinski definition) is 3. The van der Waals surface area contributed by atoms with E-state index < -0.39 is 0 Å². The first kappa shape index (κ1) is 7.71. The zero-order chi connectivity index (χ0) is 8.39. The summed E-state index contributed by atoms with van der Waals surface area (Å²) in [5.41, 5.74) is 0.987. The number of rotatable bonds is 1. The normalized spacial score (nSPS) is 10.1. The summed E-state index contributed by atoms with van der Waals surface area (Å²) in [7, 11) is 0. The van der Waals surface area contributed by atoms with Crippen LogP contribution in [0.4, 0.5) is 0 Å². The van der Waals surface area contributed by atoms with E-state index in [1.165, 1.54) is 11.5 Å². The van der Waals surface area contributed by atoms with Gasteiger partial charge in [-0.05, 0) is 23.7 Å². The van der Waals surface area contributed by atoms with E-state index >= 15 is 0 Å². The second-order valence-corrected chi connectivity index (χ2v) is 3.40. The zero-order valence-corrected chi connectivity index (χ0v) is 7.56. The molecule has 1 heterocycles. The van der Waals surface area contributed by atoms with Crippen molar-refractivity contribution in [2.24, 2.45) is 0 Å². The van der Waals surface area contributed by atoms with Gasteiger partial charge in [0.2, 0.25) is 6.33 Å². The first-order chi connectivity index (χ1) is 5.86. The molecule has 1 radical (unpaired) electrons. The van der Waals surface area contributed by atoms with E-state index in [-0.39, 0.29) is 0 Å². The molecule has 0 unspecified atom stereocenters. The fourth-order valence-corrected chi connectivity index (χ4v) is 1.56. The highest BCUT2D eigenvalue weighted by Gasteiger charge is 2.00. The van der Waals surface area contributed by atoms with Crippen molar-refractivity contribution in [2.45, 2.75) is 0 Å². The van der Waals surface area contributed by atoms with Crippen LogP contribution < -0.4 is 0 Å². The molecule has 1 aromatic heterocycles. The fraction of sp³-hybridized carbons (Fsp3) is 0. The number of benzene rings is 1. The largest absolute Gasteiger partial charge is 0.212 e. The monoisotopic (exact) mass is 195 g/mol. The van der Waals surface area contributed by atoms with Gasteiger partial charge in [-0.1, -0.05) is 23.7 Å². The van der Waals surface area contributed by atoms with Gasteiger partial charge in [-0.2, -0.15) is 4.37 Å². The van der Waals surface area contributed by atoms with Crippen LogP contribution in [0.1, 0.15) is 0 Å². The smallest absolute Gasteiger partial charge is 0.212 e. The van der Waals surface area contributed by atoms with Crippen molar-refractivity contribution in [1.29, 1.82) is 0 Å². The molecule has 0 amide bonds. The molecule has 12 heavy (non-hydrogen) atoms. The van der Waals surface area contributed by atoms with Gasteiger partial charge in [0.05, 0.1) is 0 Å². The van der Waals surface area contributed by atoms with Crippen LogP contribution in [-0.2, 0) is 0 Å². The number of halogens is 1. The third-order valence-electron chi connectivity index (χ3n) is 1.40. The van der Waals surface area contributed by atoms with Gasteiger partial charge in [0, 0.05) is 10.6 Å². The Morgan fingerprint density at radius 2 is 2.33 bits per heavy atom. The van der Waals surface area contributed by atoms with Crippen LogP contribution in [-0.4, -0.2) is 9.36 Å². The van der Waals surface area contributed by atoms with Crippen molar-refractivity contribution in [3.63, 3.8) is 0 Å². The lowest BCUT2D eigenvalue weighted by Gasteiger charge is -1.94. The molecule has 0 fully saturated rings. The maximum Gasteiger partial charge on any atom is 0.212 e. The molecule has 0 aliphatic rings. The van der Waals surface area contributed by atoms with Crippen LogP contribution in [0.25, 0.3) is 10.6 Å². The maximum atomic E-state index is 5.81. The molecule has 0 saturated heterocycles. The average molecular weight is 196 g/mol. The molecule has 0 bridgehead atoms. The van der Waals surface area contributed by atoms with E-state index in [0.717, 1.165) is 10.6 Å². The molecule has 0 aliphatic carbocycles. The van der Waals surface area contributed by atoms with E-state index in [1.807, 2.05) is 24.3 Å². The van der Waals surface area contributed by atoms with Crippen molar-refractivity contribution in [3.8, 4) is 10.6 Å². The van der Waals surface area contributed by atoms with E-state index in [0.29, 0.717) is 5.02 Å². The summed E-state index contributed by atoms with van der Waals surface area (Å²) in [6, 6.07) is 7.52. The van der Waals surface area contributed by atoms with Gasteiger partial charge in [-0.3, -0.25) is 0 Å². The average Bonchev–Trinajstić information content (AvgIpc) is 2.56. The Labute approximate surface area is 79.0 Å². The second kappa shape index (κ2) is 3.21. The summed E-state index contributed by atoms with van der Waals surface area (Å²) in [5.74, 6) is 0. The van der Waals surface area contributed by atoms with Crippen LogP contribution >= 0.6 is 23.1 Å². The Morgan fingerprint density at radius 3 is 3.00 bits per heavy atom. The summed E-state index contributed by atoms with van der Waals surface area (Å²) in [6.45, 7) is 0. The predicted molar refractivity (Wildman–Crippen MR) is 49.2 cm³/mol. The highest BCUT2D eigenvalue weighted by molar-refractivity contribution is 7.09. The molecule has 2 rings (SSSR count). The topological polar surface area (TPSA) is 25.8 Å². The van der Waals surface area contributed by atoms with Crippen molar-refractivity contribution in [2.75, 3.05) is 0 Å². The molecular weight excluding hydrogens is 192 g/mol. The fourth-order valence-electron chi connectivity index (χ4n) is 0.889. The lowest BCUT2D eigenvalue weighted by atomic mass is 10.2. The summed E-state index contributed by atoms with van der Waals surface area (Å²) in [6.07, 6.45) is 2.52. The SMILES string of the molecule is Clc1cccc(-c2n[c]ns2)c1. The van der Waals surface area contributed by atoms with Crippen LogP contribution in [0.15, 0.2) is 24.3 Å². The Kier molecular flexibility index (Phi) is 2.06. The van der Waals surface area contributed by atoms with Gasteiger partial charge in [0.25, 0.3) is 0 Å². The third-order valence-corrected chi connectivity index (χ3v) is 2.30. The van der Waals surface area contributed by atoms with Gasteiger partial charge in [0.15, 0.2) is 0 Å². The van der Waals surface area contributed by atoms with Crippen molar-refractivity contribution in [1.82, 2.24) is 9.36 Å². The molecular formula is C8H4ClN2S. The van der Waals surface area contributed by atoms with Crippen LogP contribution in [0.3, 0.4) is 0 Å². The lowest BCUT2D eigenvalue weighted by molar-refractivity contribution is 1.31. The lowest BCUT2D eigenvalue weighted by Crippen LogP contribution is -1.73. The highest BCUT2D eigenvalue weighted by Crippen LogP contribution is 2.22. The Balaban J connectivity index is 2.48. The van der Waals surface area contributed by atoms with Crippen LogP contribution in [0, 0.1) is 6.33 Å². The number of hydrogen-bond donors (Lipinski definition) is 0. The molecule has 0 spiro atoms. The first-order valence-electron chi connectivity index (χ1n) is 3.32. The number of nitrogens with zero attached hydrogens (tertiary/aromatic N) is 2. The van der Waals surface area contributed by atoms with Crippen LogP contribution in [0.2, 0.25) is 5.02 Å². The molecule has 0 saturated carbocycles. The van der Waals surface area contributed by atoms with E-state index in [4.69, 9.17) is 11.6 Å². The molecule has 2 aromatic rings. The van der Waals surface area contributed by atoms with E-state index in [2.05, 4.69) is 15.7 Å². The minimum Gasteiger partial charge on any atom is -0.212 e. The van der Waals surface area contributed by atoms with Crippen molar-refractivity contribution < 1.29 is 0 Å². The first-order valence-corrected chi connectivity index (χ1v) is 4.47. The molecule has 4 heteroatoms. The summed E-state index contributed by atoms with van der Waals surface area (Å²) in [4.78, 5) is 3.95. The maximum absolute atomic E-state index is 5.81. The molecule has 59 valence electrons. The van der Waals surface area contributed by atoms with E-state index in [1.54, 1.807) is 0 Å². The van der Waals surface area contributed by atoms with Gasteiger partial charge in [-0.25, -0.2) is 4.98 Å². The Hall–Kier alpha value is -0.930. The Morgan fingerprint density at radius 1 is 1.42 bits per heavy atom. The summed E-state index contributed by atoms with van der Waals surface area (Å²) < 4.78 is 3.79. The van der Waals surface area contributed by atoms with Gasteiger partial charge in [0.1, 0.15) is 5.01 Å². The highest BCUT2D eigenvalue weighted by atomic mass is 35.5. The van der Waals surface area contributed by atoms with Gasteiger partial charge < -0.3 is 0 Å². The standard InChI is InChI=1S/C8H4ClN2S/c9-7-3-1-2-6(4-7)8-10-5-11-12-8/h1-4H.